The van der Waals surface area contributed by atoms with Crippen molar-refractivity contribution in [2.24, 2.45) is 0 Å². The average molecular weight is 368 g/mol. The van der Waals surface area contributed by atoms with Gasteiger partial charge in [-0.1, -0.05) is 60.2 Å². The molecule has 2 aromatic carbocycles. The number of carbonyl (C=O) groups excluding carboxylic acids is 1. The summed E-state index contributed by atoms with van der Waals surface area (Å²) in [5.74, 6) is 0.156. The Morgan fingerprint density at radius 2 is 1.70 bits per heavy atom. The molecule has 3 N–H and O–H groups in total. The second kappa shape index (κ2) is 9.16. The number of amides is 1. The number of nitrogens with one attached hydrogen (secondary N) is 3. The normalized spacial score (nSPS) is 22.0. The van der Waals surface area contributed by atoms with Gasteiger partial charge in [-0.3, -0.25) is 4.79 Å². The summed E-state index contributed by atoms with van der Waals surface area (Å²) in [7, 11) is 0. The van der Waals surface area contributed by atoms with Crippen LogP contribution in [0.1, 0.15) is 36.6 Å². The molecule has 1 amide bonds. The molecule has 144 valence electrons. The lowest BCUT2D eigenvalue weighted by Gasteiger charge is -2.33. The highest BCUT2D eigenvalue weighted by Gasteiger charge is 2.31. The van der Waals surface area contributed by atoms with E-state index in [4.69, 9.17) is 0 Å². The number of benzene rings is 2. The van der Waals surface area contributed by atoms with E-state index in [9.17, 15) is 4.79 Å². The standard InChI is InChI=1S/C23H31N3O/c1-18-8-7-9-21(16-18)17-25-12-14-26(15-13-25)20(3)23(27)24-19(2)22-10-5-4-6-11-22/h4-11,16,19-20H,12-15,17H2,1-3H3,(H,24,27)/p+2/t19-,20-/m1/s1. The lowest BCUT2D eigenvalue weighted by atomic mass is 10.1. The molecule has 0 bridgehead atoms. The zero-order valence-electron chi connectivity index (χ0n) is 16.8. The van der Waals surface area contributed by atoms with E-state index in [0.717, 1.165) is 38.3 Å². The monoisotopic (exact) mass is 367 g/mol. The van der Waals surface area contributed by atoms with Gasteiger partial charge in [0.05, 0.1) is 6.04 Å². The highest BCUT2D eigenvalue weighted by atomic mass is 16.2. The summed E-state index contributed by atoms with van der Waals surface area (Å²) in [6.45, 7) is 11.7. The summed E-state index contributed by atoms with van der Waals surface area (Å²) in [6, 6.07) is 19.0. The van der Waals surface area contributed by atoms with Gasteiger partial charge in [-0.15, -0.1) is 0 Å². The second-order valence-electron chi connectivity index (χ2n) is 7.94. The first-order chi connectivity index (χ1) is 13.0. The van der Waals surface area contributed by atoms with Gasteiger partial charge in [0.1, 0.15) is 32.7 Å². The van der Waals surface area contributed by atoms with Crippen LogP contribution in [0.15, 0.2) is 54.6 Å². The molecule has 0 aliphatic carbocycles. The van der Waals surface area contributed by atoms with Crippen molar-refractivity contribution in [3.63, 3.8) is 0 Å². The van der Waals surface area contributed by atoms with E-state index in [1.807, 2.05) is 18.2 Å². The van der Waals surface area contributed by atoms with E-state index < -0.39 is 0 Å². The van der Waals surface area contributed by atoms with Crippen molar-refractivity contribution in [2.75, 3.05) is 26.2 Å². The predicted octanol–water partition coefficient (Wildman–Crippen LogP) is 0.544. The van der Waals surface area contributed by atoms with Crippen LogP contribution in [0.25, 0.3) is 0 Å². The van der Waals surface area contributed by atoms with Gasteiger partial charge in [0.25, 0.3) is 5.91 Å². The molecule has 1 aliphatic rings. The first kappa shape index (κ1) is 19.6. The van der Waals surface area contributed by atoms with Gasteiger partial charge >= 0.3 is 0 Å². The molecule has 0 saturated carbocycles. The molecule has 1 aliphatic heterocycles. The topological polar surface area (TPSA) is 38.0 Å². The van der Waals surface area contributed by atoms with E-state index in [-0.39, 0.29) is 18.0 Å². The number of rotatable bonds is 6. The van der Waals surface area contributed by atoms with Crippen LogP contribution in [0.2, 0.25) is 0 Å². The van der Waals surface area contributed by atoms with Crippen molar-refractivity contribution in [1.82, 2.24) is 5.32 Å². The third-order valence-corrected chi connectivity index (χ3v) is 5.80. The molecule has 2 atom stereocenters. The van der Waals surface area contributed by atoms with Crippen molar-refractivity contribution >= 4 is 5.91 Å². The van der Waals surface area contributed by atoms with E-state index in [2.05, 4.69) is 62.5 Å². The molecule has 27 heavy (non-hydrogen) atoms. The minimum Gasteiger partial charge on any atom is -0.344 e. The molecule has 3 rings (SSSR count). The number of piperazine rings is 1. The average Bonchev–Trinajstić information content (AvgIpc) is 2.68. The maximum Gasteiger partial charge on any atom is 0.278 e. The zero-order chi connectivity index (χ0) is 19.2. The molecular weight excluding hydrogens is 334 g/mol. The molecule has 4 nitrogen and oxygen atoms in total. The van der Waals surface area contributed by atoms with Gasteiger partial charge < -0.3 is 15.1 Å². The Labute approximate surface area is 163 Å². The van der Waals surface area contributed by atoms with Crippen LogP contribution in [-0.2, 0) is 11.3 Å². The van der Waals surface area contributed by atoms with Crippen LogP contribution in [-0.4, -0.2) is 38.1 Å². The van der Waals surface area contributed by atoms with Crippen LogP contribution >= 0.6 is 0 Å². The third kappa shape index (κ3) is 5.41. The summed E-state index contributed by atoms with van der Waals surface area (Å²) in [5.41, 5.74) is 3.89. The van der Waals surface area contributed by atoms with Gasteiger partial charge in [0.2, 0.25) is 0 Å². The van der Waals surface area contributed by atoms with Gasteiger partial charge in [-0.2, -0.15) is 0 Å². The molecule has 0 aromatic heterocycles. The lowest BCUT2D eigenvalue weighted by Crippen LogP contribution is -3.29. The molecule has 0 spiro atoms. The molecule has 0 radical (unpaired) electrons. The van der Waals surface area contributed by atoms with E-state index in [1.165, 1.54) is 16.0 Å². The van der Waals surface area contributed by atoms with Crippen molar-refractivity contribution in [1.29, 1.82) is 0 Å². The van der Waals surface area contributed by atoms with Crippen LogP contribution in [0, 0.1) is 6.92 Å². The lowest BCUT2D eigenvalue weighted by molar-refractivity contribution is -1.02. The van der Waals surface area contributed by atoms with Crippen LogP contribution in [0.5, 0.6) is 0 Å². The fourth-order valence-electron chi connectivity index (χ4n) is 3.99. The first-order valence-corrected chi connectivity index (χ1v) is 10.1. The fraction of sp³-hybridized carbons (Fsp3) is 0.435. The van der Waals surface area contributed by atoms with Crippen LogP contribution < -0.4 is 15.1 Å². The Hall–Kier alpha value is -2.17. The number of hydrogen-bond donors (Lipinski definition) is 3. The Bertz CT molecular complexity index is 738. The zero-order valence-corrected chi connectivity index (χ0v) is 16.8. The summed E-state index contributed by atoms with van der Waals surface area (Å²) in [5, 5.41) is 3.18. The molecule has 1 heterocycles. The van der Waals surface area contributed by atoms with E-state index >= 15 is 0 Å². The quantitative estimate of drug-likeness (QED) is 0.685. The highest BCUT2D eigenvalue weighted by molar-refractivity contribution is 5.80. The van der Waals surface area contributed by atoms with E-state index in [0.29, 0.717) is 0 Å². The Morgan fingerprint density at radius 1 is 1.00 bits per heavy atom. The summed E-state index contributed by atoms with van der Waals surface area (Å²) in [6.07, 6.45) is 0. The smallest absolute Gasteiger partial charge is 0.278 e. The van der Waals surface area contributed by atoms with Gasteiger partial charge in [0, 0.05) is 5.56 Å². The Kier molecular flexibility index (Phi) is 6.64. The Morgan fingerprint density at radius 3 is 2.37 bits per heavy atom. The number of quaternary nitrogens is 2. The molecular formula is C23H33N3O+2. The molecule has 0 unspecified atom stereocenters. The molecule has 4 heteroatoms. The van der Waals surface area contributed by atoms with Gasteiger partial charge in [0.15, 0.2) is 6.04 Å². The maximum atomic E-state index is 12.7. The van der Waals surface area contributed by atoms with Gasteiger partial charge in [-0.25, -0.2) is 0 Å². The summed E-state index contributed by atoms with van der Waals surface area (Å²) >= 11 is 0. The van der Waals surface area contributed by atoms with Crippen LogP contribution in [0.3, 0.4) is 0 Å². The minimum atomic E-state index is -0.00307. The minimum absolute atomic E-state index is 0.00307. The van der Waals surface area contributed by atoms with Crippen molar-refractivity contribution in [3.8, 4) is 0 Å². The number of carbonyl (C=O) groups is 1. The number of aryl methyl sites for hydroxylation is 1. The molecule has 1 fully saturated rings. The third-order valence-electron chi connectivity index (χ3n) is 5.80. The van der Waals surface area contributed by atoms with Crippen molar-refractivity contribution in [2.45, 2.75) is 39.4 Å². The van der Waals surface area contributed by atoms with Crippen molar-refractivity contribution in [3.05, 3.63) is 71.3 Å². The van der Waals surface area contributed by atoms with Crippen LogP contribution in [0.4, 0.5) is 0 Å². The second-order valence-corrected chi connectivity index (χ2v) is 7.94. The first-order valence-electron chi connectivity index (χ1n) is 10.1. The Balaban J connectivity index is 1.47. The van der Waals surface area contributed by atoms with Crippen molar-refractivity contribution < 1.29 is 14.6 Å². The summed E-state index contributed by atoms with van der Waals surface area (Å²) < 4.78 is 0. The largest absolute Gasteiger partial charge is 0.344 e. The summed E-state index contributed by atoms with van der Waals surface area (Å²) in [4.78, 5) is 15.7. The molecule has 2 aromatic rings. The van der Waals surface area contributed by atoms with E-state index in [1.54, 1.807) is 4.90 Å². The highest BCUT2D eigenvalue weighted by Crippen LogP contribution is 2.10. The van der Waals surface area contributed by atoms with Gasteiger partial charge in [-0.05, 0) is 26.3 Å². The predicted molar refractivity (Wildman–Crippen MR) is 109 cm³/mol. The maximum absolute atomic E-state index is 12.7. The fourth-order valence-corrected chi connectivity index (χ4v) is 3.99. The SMILES string of the molecule is Cc1cccc(C[NH+]2CC[NH+]([C@H](C)C(=O)N[C@H](C)c3ccccc3)CC2)c1. The number of hydrogen-bond acceptors (Lipinski definition) is 1. The molecule has 1 saturated heterocycles.